The van der Waals surface area contributed by atoms with Crippen LogP contribution in [0.25, 0.3) is 5.65 Å². The van der Waals surface area contributed by atoms with Crippen LogP contribution in [0.3, 0.4) is 0 Å². The van der Waals surface area contributed by atoms with Crippen LogP contribution in [0.4, 0.5) is 17.3 Å². The molecule has 28 heavy (non-hydrogen) atoms. The second kappa shape index (κ2) is 6.29. The number of nitrogens with one attached hydrogen (secondary N) is 1. The minimum atomic E-state index is 0.768. The molecular weight excluding hydrogens is 354 g/mol. The van der Waals surface area contributed by atoms with E-state index in [9.17, 15) is 0 Å². The number of aromatic nitrogens is 7. The Morgan fingerprint density at radius 2 is 2.07 bits per heavy atom. The maximum atomic E-state index is 4.76. The molecule has 0 unspecified atom stereocenters. The van der Waals surface area contributed by atoms with Crippen molar-refractivity contribution in [1.29, 1.82) is 0 Å². The molecule has 1 aliphatic rings. The molecule has 0 bridgehead atoms. The summed E-state index contributed by atoms with van der Waals surface area (Å²) in [7, 11) is 1.91. The molecule has 0 radical (unpaired) electrons. The Hall–Kier alpha value is -3.49. The van der Waals surface area contributed by atoms with E-state index >= 15 is 0 Å². The van der Waals surface area contributed by atoms with Crippen molar-refractivity contribution < 1.29 is 0 Å². The summed E-state index contributed by atoms with van der Waals surface area (Å²) in [5, 5.41) is 20.5. The highest BCUT2D eigenvalue weighted by molar-refractivity contribution is 5.61. The van der Waals surface area contributed by atoms with Crippen LogP contribution in [0, 0.1) is 13.8 Å². The Balaban J connectivity index is 1.47. The van der Waals surface area contributed by atoms with Crippen molar-refractivity contribution >= 4 is 23.0 Å². The third-order valence-corrected chi connectivity index (χ3v) is 5.40. The summed E-state index contributed by atoms with van der Waals surface area (Å²) in [6.45, 7) is 5.82. The van der Waals surface area contributed by atoms with E-state index in [-0.39, 0.29) is 0 Å². The predicted octanol–water partition coefficient (Wildman–Crippen LogP) is 2.18. The number of hydrogen-bond acceptors (Lipinski definition) is 7. The van der Waals surface area contributed by atoms with Gasteiger partial charge in [0.2, 0.25) is 0 Å². The molecule has 5 heterocycles. The van der Waals surface area contributed by atoms with E-state index in [0.717, 1.165) is 59.3 Å². The second-order valence-corrected chi connectivity index (χ2v) is 7.14. The first kappa shape index (κ1) is 16.7. The van der Waals surface area contributed by atoms with E-state index in [4.69, 9.17) is 5.10 Å². The van der Waals surface area contributed by atoms with Crippen molar-refractivity contribution in [3.05, 3.63) is 53.2 Å². The standard InChI is InChI=1S/C19H21N9/c1-12-13(2)19(25-28-11-21-24-18(12)28)27-7-5-16-14(10-27)8-15(9-20-16)23-17-4-6-22-26(17)3/h4,6,8-9,11,23H,5,7,10H2,1-3H3. The maximum absolute atomic E-state index is 4.76. The third-order valence-electron chi connectivity index (χ3n) is 5.40. The van der Waals surface area contributed by atoms with Crippen LogP contribution in [-0.4, -0.2) is 41.1 Å². The van der Waals surface area contributed by atoms with E-state index in [1.807, 2.05) is 19.3 Å². The summed E-state index contributed by atoms with van der Waals surface area (Å²) in [5.41, 5.74) is 6.37. The monoisotopic (exact) mass is 375 g/mol. The molecule has 1 N–H and O–H groups in total. The number of nitrogens with zero attached hydrogens (tertiary/aromatic N) is 8. The largest absolute Gasteiger partial charge is 0.350 e. The van der Waals surface area contributed by atoms with Gasteiger partial charge in [-0.3, -0.25) is 9.67 Å². The van der Waals surface area contributed by atoms with Gasteiger partial charge in [0.15, 0.2) is 11.5 Å². The Morgan fingerprint density at radius 1 is 1.18 bits per heavy atom. The summed E-state index contributed by atoms with van der Waals surface area (Å²) in [6.07, 6.45) is 6.20. The molecule has 4 aromatic rings. The maximum Gasteiger partial charge on any atom is 0.180 e. The van der Waals surface area contributed by atoms with Gasteiger partial charge in [-0.15, -0.1) is 15.3 Å². The summed E-state index contributed by atoms with van der Waals surface area (Å²) in [6, 6.07) is 4.11. The predicted molar refractivity (Wildman–Crippen MR) is 106 cm³/mol. The highest BCUT2D eigenvalue weighted by Crippen LogP contribution is 2.28. The molecule has 0 aromatic carbocycles. The fourth-order valence-corrected chi connectivity index (χ4v) is 3.68. The van der Waals surface area contributed by atoms with Gasteiger partial charge in [0.05, 0.1) is 18.1 Å². The lowest BCUT2D eigenvalue weighted by Gasteiger charge is -2.30. The quantitative estimate of drug-likeness (QED) is 0.587. The highest BCUT2D eigenvalue weighted by atomic mass is 15.4. The van der Waals surface area contributed by atoms with Crippen LogP contribution in [0.15, 0.2) is 30.9 Å². The number of pyridine rings is 1. The van der Waals surface area contributed by atoms with Crippen molar-refractivity contribution in [1.82, 2.24) is 34.6 Å². The smallest absolute Gasteiger partial charge is 0.180 e. The second-order valence-electron chi connectivity index (χ2n) is 7.14. The van der Waals surface area contributed by atoms with Gasteiger partial charge in [0, 0.05) is 49.4 Å². The zero-order valence-corrected chi connectivity index (χ0v) is 16.1. The van der Waals surface area contributed by atoms with Crippen molar-refractivity contribution in [2.45, 2.75) is 26.8 Å². The van der Waals surface area contributed by atoms with Crippen LogP contribution in [0.2, 0.25) is 0 Å². The van der Waals surface area contributed by atoms with Gasteiger partial charge < -0.3 is 10.2 Å². The third kappa shape index (κ3) is 2.67. The molecule has 9 heteroatoms. The highest BCUT2D eigenvalue weighted by Gasteiger charge is 2.22. The lowest BCUT2D eigenvalue weighted by Crippen LogP contribution is -2.32. The van der Waals surface area contributed by atoms with E-state index < -0.39 is 0 Å². The average Bonchev–Trinajstić information content (AvgIpc) is 3.33. The molecule has 0 fully saturated rings. The summed E-state index contributed by atoms with van der Waals surface area (Å²) in [4.78, 5) is 6.98. The molecular formula is C19H21N9. The molecule has 0 aliphatic carbocycles. The molecule has 0 spiro atoms. The topological polar surface area (TPSA) is 89.1 Å². The Kier molecular flexibility index (Phi) is 3.75. The molecule has 1 aliphatic heterocycles. The normalized spacial score (nSPS) is 13.8. The van der Waals surface area contributed by atoms with Crippen LogP contribution in [0.1, 0.15) is 22.4 Å². The molecule has 0 amide bonds. The van der Waals surface area contributed by atoms with Gasteiger partial charge in [0.25, 0.3) is 0 Å². The summed E-state index contributed by atoms with van der Waals surface area (Å²) < 4.78 is 3.56. The molecule has 142 valence electrons. The summed E-state index contributed by atoms with van der Waals surface area (Å²) in [5.74, 6) is 1.90. The van der Waals surface area contributed by atoms with Gasteiger partial charge in [-0.05, 0) is 25.5 Å². The van der Waals surface area contributed by atoms with Gasteiger partial charge >= 0.3 is 0 Å². The number of anilines is 3. The van der Waals surface area contributed by atoms with E-state index in [0.29, 0.717) is 0 Å². The van der Waals surface area contributed by atoms with E-state index in [2.05, 4.69) is 50.4 Å². The molecule has 5 rings (SSSR count). The Morgan fingerprint density at radius 3 is 2.89 bits per heavy atom. The number of aryl methyl sites for hydroxylation is 2. The lowest BCUT2D eigenvalue weighted by molar-refractivity contribution is 0.688. The fourth-order valence-electron chi connectivity index (χ4n) is 3.68. The molecule has 0 saturated heterocycles. The van der Waals surface area contributed by atoms with E-state index in [1.165, 1.54) is 5.56 Å². The van der Waals surface area contributed by atoms with Gasteiger partial charge in [-0.25, -0.2) is 0 Å². The summed E-state index contributed by atoms with van der Waals surface area (Å²) >= 11 is 0. The van der Waals surface area contributed by atoms with Crippen LogP contribution in [-0.2, 0) is 20.0 Å². The molecule has 0 atom stereocenters. The van der Waals surface area contributed by atoms with Crippen molar-refractivity contribution in [3.8, 4) is 0 Å². The first-order chi connectivity index (χ1) is 13.6. The number of hydrogen-bond donors (Lipinski definition) is 1. The zero-order chi connectivity index (χ0) is 19.3. The minimum Gasteiger partial charge on any atom is -0.350 e. The minimum absolute atomic E-state index is 0.768. The first-order valence-electron chi connectivity index (χ1n) is 9.25. The van der Waals surface area contributed by atoms with Crippen molar-refractivity contribution in [3.63, 3.8) is 0 Å². The van der Waals surface area contributed by atoms with Crippen molar-refractivity contribution in [2.75, 3.05) is 16.8 Å². The Labute approximate surface area is 162 Å². The van der Waals surface area contributed by atoms with Crippen LogP contribution in [0.5, 0.6) is 0 Å². The van der Waals surface area contributed by atoms with Crippen LogP contribution < -0.4 is 10.2 Å². The Bertz CT molecular complexity index is 1170. The average molecular weight is 375 g/mol. The van der Waals surface area contributed by atoms with Crippen molar-refractivity contribution in [2.24, 2.45) is 7.05 Å². The lowest BCUT2D eigenvalue weighted by atomic mass is 10.0. The van der Waals surface area contributed by atoms with Gasteiger partial charge in [-0.1, -0.05) is 0 Å². The first-order valence-corrected chi connectivity index (χ1v) is 9.25. The number of rotatable bonds is 3. The van der Waals surface area contributed by atoms with E-state index in [1.54, 1.807) is 21.7 Å². The fraction of sp³-hybridized carbons (Fsp3) is 0.316. The van der Waals surface area contributed by atoms with Gasteiger partial charge in [-0.2, -0.15) is 9.61 Å². The molecule has 4 aromatic heterocycles. The van der Waals surface area contributed by atoms with Gasteiger partial charge in [0.1, 0.15) is 12.1 Å². The van der Waals surface area contributed by atoms with Crippen LogP contribution >= 0.6 is 0 Å². The zero-order valence-electron chi connectivity index (χ0n) is 16.1. The number of fused-ring (bicyclic) bond motifs is 2. The molecule has 9 nitrogen and oxygen atoms in total. The molecule has 0 saturated carbocycles. The SMILES string of the molecule is Cc1c(N2CCc3ncc(Nc4ccnn4C)cc3C2)nn2cnnc2c1C.